The summed E-state index contributed by atoms with van der Waals surface area (Å²) in [4.78, 5) is 0. The van der Waals surface area contributed by atoms with E-state index >= 15 is 0 Å². The maximum atomic E-state index is 9.95. The molecule has 0 bridgehead atoms. The van der Waals surface area contributed by atoms with Gasteiger partial charge in [-0.25, -0.2) is 0 Å². The number of aryl methyl sites for hydroxylation is 1. The van der Waals surface area contributed by atoms with E-state index < -0.39 is 0 Å². The van der Waals surface area contributed by atoms with E-state index in [1.165, 1.54) is 11.1 Å². The molecule has 1 nitrogen and oxygen atoms in total. The Hall–Kier alpha value is -1.76. The molecule has 0 aliphatic carbocycles. The molecule has 19 heavy (non-hydrogen) atoms. The second-order valence-corrected chi connectivity index (χ2v) is 5.70. The second-order valence-electron chi connectivity index (χ2n) is 5.70. The molecule has 1 heteroatoms. The number of rotatable bonds is 4. The number of phenols is 1. The molecule has 0 saturated carbocycles. The van der Waals surface area contributed by atoms with Crippen LogP contribution in [0.3, 0.4) is 0 Å². The Morgan fingerprint density at radius 1 is 0.895 bits per heavy atom. The van der Waals surface area contributed by atoms with Gasteiger partial charge in [-0.2, -0.15) is 0 Å². The number of hydrogen-bond acceptors (Lipinski definition) is 1. The smallest absolute Gasteiger partial charge is 0.118 e. The summed E-state index contributed by atoms with van der Waals surface area (Å²) in [5.74, 6) is 0.393. The second kappa shape index (κ2) is 5.48. The molecule has 2 rings (SSSR count). The zero-order chi connectivity index (χ0) is 13.9. The normalized spacial score (nSPS) is 11.5. The number of benzene rings is 2. The fourth-order valence-corrected chi connectivity index (χ4v) is 2.72. The van der Waals surface area contributed by atoms with Gasteiger partial charge in [-0.3, -0.25) is 0 Å². The van der Waals surface area contributed by atoms with Gasteiger partial charge in [0.05, 0.1) is 0 Å². The molecular weight excluding hydrogens is 232 g/mol. The van der Waals surface area contributed by atoms with Gasteiger partial charge < -0.3 is 5.11 Å². The van der Waals surface area contributed by atoms with E-state index in [1.807, 2.05) is 18.2 Å². The molecule has 0 saturated heterocycles. The Kier molecular flexibility index (Phi) is 3.94. The summed E-state index contributed by atoms with van der Waals surface area (Å²) in [6.07, 6.45) is 1.89. The predicted octanol–water partition coefficient (Wildman–Crippen LogP) is 4.47. The zero-order valence-corrected chi connectivity index (χ0v) is 12.0. The van der Waals surface area contributed by atoms with Crippen LogP contribution < -0.4 is 0 Å². The van der Waals surface area contributed by atoms with Crippen LogP contribution in [0.1, 0.15) is 37.5 Å². The van der Waals surface area contributed by atoms with Gasteiger partial charge in [0.2, 0.25) is 0 Å². The highest BCUT2D eigenvalue weighted by atomic mass is 16.3. The van der Waals surface area contributed by atoms with Crippen molar-refractivity contribution in [3.63, 3.8) is 0 Å². The van der Waals surface area contributed by atoms with Gasteiger partial charge >= 0.3 is 0 Å². The monoisotopic (exact) mass is 254 g/mol. The molecule has 0 radical (unpaired) electrons. The van der Waals surface area contributed by atoms with E-state index in [1.54, 1.807) is 6.07 Å². The van der Waals surface area contributed by atoms with Crippen LogP contribution in [0.2, 0.25) is 0 Å². The van der Waals surface area contributed by atoms with Gasteiger partial charge in [-0.1, -0.05) is 63.2 Å². The Labute approximate surface area is 115 Å². The maximum Gasteiger partial charge on any atom is 0.118 e. The van der Waals surface area contributed by atoms with Crippen molar-refractivity contribution in [1.82, 2.24) is 0 Å². The third-order valence-electron chi connectivity index (χ3n) is 3.75. The van der Waals surface area contributed by atoms with Gasteiger partial charge in [-0.05, 0) is 41.0 Å². The highest BCUT2D eigenvalue weighted by Gasteiger charge is 2.24. The maximum absolute atomic E-state index is 9.95. The first-order valence-electron chi connectivity index (χ1n) is 6.90. The first kappa shape index (κ1) is 13.7. The van der Waals surface area contributed by atoms with Crippen molar-refractivity contribution in [3.8, 4) is 5.75 Å². The predicted molar refractivity (Wildman–Crippen MR) is 80.7 cm³/mol. The summed E-state index contributed by atoms with van der Waals surface area (Å²) >= 11 is 0. The third kappa shape index (κ3) is 2.98. The number of phenolic OH excluding ortho intramolecular Hbond substituents is 1. The minimum absolute atomic E-state index is 0.0193. The van der Waals surface area contributed by atoms with Crippen molar-refractivity contribution >= 4 is 0 Å². The topological polar surface area (TPSA) is 20.2 Å². The van der Waals surface area contributed by atoms with E-state index in [4.69, 9.17) is 0 Å². The minimum Gasteiger partial charge on any atom is -0.508 e. The van der Waals surface area contributed by atoms with E-state index in [0.29, 0.717) is 5.75 Å². The van der Waals surface area contributed by atoms with E-state index in [9.17, 15) is 5.11 Å². The van der Waals surface area contributed by atoms with Gasteiger partial charge in [0.25, 0.3) is 0 Å². The van der Waals surface area contributed by atoms with Crippen molar-refractivity contribution in [2.45, 2.75) is 39.0 Å². The van der Waals surface area contributed by atoms with Gasteiger partial charge in [0.15, 0.2) is 0 Å². The molecule has 0 amide bonds. The highest BCUT2D eigenvalue weighted by Crippen LogP contribution is 2.32. The Bertz CT molecular complexity index is 555. The average molecular weight is 254 g/mol. The van der Waals surface area contributed by atoms with Crippen LogP contribution in [0.15, 0.2) is 48.5 Å². The van der Waals surface area contributed by atoms with E-state index in [-0.39, 0.29) is 5.41 Å². The van der Waals surface area contributed by atoms with Gasteiger partial charge in [0, 0.05) is 0 Å². The molecule has 0 heterocycles. The van der Waals surface area contributed by atoms with Crippen molar-refractivity contribution in [1.29, 1.82) is 0 Å². The van der Waals surface area contributed by atoms with E-state index in [2.05, 4.69) is 45.0 Å². The van der Waals surface area contributed by atoms with Crippen molar-refractivity contribution in [3.05, 3.63) is 65.2 Å². The molecule has 0 aliphatic rings. The fourth-order valence-electron chi connectivity index (χ4n) is 2.72. The van der Waals surface area contributed by atoms with Crippen molar-refractivity contribution in [2.24, 2.45) is 0 Å². The number of para-hydroxylation sites is 1. The van der Waals surface area contributed by atoms with Crippen LogP contribution in [0.25, 0.3) is 0 Å². The molecule has 100 valence electrons. The van der Waals surface area contributed by atoms with Crippen LogP contribution in [0.5, 0.6) is 5.75 Å². The van der Waals surface area contributed by atoms with Crippen LogP contribution in [0.4, 0.5) is 0 Å². The van der Waals surface area contributed by atoms with Crippen LogP contribution in [-0.2, 0) is 18.3 Å². The quantitative estimate of drug-likeness (QED) is 0.853. The summed E-state index contributed by atoms with van der Waals surface area (Å²) in [6.45, 7) is 6.68. The Morgan fingerprint density at radius 2 is 1.47 bits per heavy atom. The first-order chi connectivity index (χ1) is 9.04. The summed E-state index contributed by atoms with van der Waals surface area (Å²) < 4.78 is 0. The molecule has 2 aromatic rings. The summed E-state index contributed by atoms with van der Waals surface area (Å²) in [5.41, 5.74) is 3.80. The fraction of sp³-hybridized carbons (Fsp3) is 0.333. The van der Waals surface area contributed by atoms with Crippen LogP contribution in [-0.4, -0.2) is 5.11 Å². The van der Waals surface area contributed by atoms with Crippen molar-refractivity contribution < 1.29 is 5.11 Å². The largest absolute Gasteiger partial charge is 0.508 e. The zero-order valence-electron chi connectivity index (χ0n) is 12.0. The SMILES string of the molecule is CCc1ccccc1C(C)(C)Cc1ccccc1O. The van der Waals surface area contributed by atoms with Gasteiger partial charge in [-0.15, -0.1) is 0 Å². The number of aromatic hydroxyl groups is 1. The molecule has 0 aliphatic heterocycles. The molecule has 0 atom stereocenters. The molecule has 0 unspecified atom stereocenters. The summed E-state index contributed by atoms with van der Waals surface area (Å²) in [5, 5.41) is 9.95. The molecule has 0 aromatic heterocycles. The van der Waals surface area contributed by atoms with Crippen LogP contribution in [0, 0.1) is 0 Å². The highest BCUT2D eigenvalue weighted by molar-refractivity contribution is 5.39. The first-order valence-corrected chi connectivity index (χ1v) is 6.90. The average Bonchev–Trinajstić information content (AvgIpc) is 2.41. The Morgan fingerprint density at radius 3 is 2.11 bits per heavy atom. The molecule has 0 spiro atoms. The molecule has 2 aromatic carbocycles. The molecule has 0 fully saturated rings. The Balaban J connectivity index is 2.35. The van der Waals surface area contributed by atoms with Crippen molar-refractivity contribution in [2.75, 3.05) is 0 Å². The number of hydrogen-bond donors (Lipinski definition) is 1. The van der Waals surface area contributed by atoms with Gasteiger partial charge in [0.1, 0.15) is 5.75 Å². The lowest BCUT2D eigenvalue weighted by molar-refractivity contribution is 0.449. The third-order valence-corrected chi connectivity index (χ3v) is 3.75. The lowest BCUT2D eigenvalue weighted by Gasteiger charge is -2.28. The summed E-state index contributed by atoms with van der Waals surface area (Å²) in [7, 11) is 0. The lowest BCUT2D eigenvalue weighted by atomic mass is 9.76. The summed E-state index contributed by atoms with van der Waals surface area (Å²) in [6, 6.07) is 16.2. The molecular formula is C18H22O. The minimum atomic E-state index is 0.0193. The van der Waals surface area contributed by atoms with Crippen LogP contribution >= 0.6 is 0 Å². The standard InChI is InChI=1S/C18H22O/c1-4-14-9-5-7-11-16(14)18(2,3)13-15-10-6-8-12-17(15)19/h5-12,19H,4,13H2,1-3H3. The molecule has 1 N–H and O–H groups in total. The lowest BCUT2D eigenvalue weighted by Crippen LogP contribution is -2.22. The van der Waals surface area contributed by atoms with E-state index in [0.717, 1.165) is 18.4 Å².